The van der Waals surface area contributed by atoms with E-state index in [9.17, 15) is 9.59 Å². The molecule has 0 radical (unpaired) electrons. The number of rotatable bonds is 3. The van der Waals surface area contributed by atoms with Crippen molar-refractivity contribution in [2.75, 3.05) is 6.61 Å². The molecule has 0 bridgehead atoms. The van der Waals surface area contributed by atoms with Gasteiger partial charge in [-0.25, -0.2) is 0 Å². The van der Waals surface area contributed by atoms with Crippen LogP contribution in [0.25, 0.3) is 8.96 Å². The number of carbonyl (C=O) groups is 2. The van der Waals surface area contributed by atoms with Crippen molar-refractivity contribution in [2.45, 2.75) is 27.7 Å². The van der Waals surface area contributed by atoms with Gasteiger partial charge in [-0.3, -0.25) is 0 Å². The average Bonchev–Trinajstić information content (AvgIpc) is 2.78. The fourth-order valence-electron chi connectivity index (χ4n) is 2.00. The fraction of sp³-hybridized carbons (Fsp3) is 0.385. The molecule has 5 heteroatoms. The number of hydrogen-bond acceptors (Lipinski definition) is 4. The van der Waals surface area contributed by atoms with Crippen molar-refractivity contribution in [3.8, 4) is 0 Å². The van der Waals surface area contributed by atoms with Gasteiger partial charge in [-0.05, 0) is 0 Å². The zero-order chi connectivity index (χ0) is 13.4. The molecule has 0 fully saturated rings. The fourth-order valence-corrected chi connectivity index (χ4v) is 6.34. The average molecular weight is 329 g/mol. The Labute approximate surface area is 116 Å². The summed E-state index contributed by atoms with van der Waals surface area (Å²) in [6.45, 7) is 7.71. The first-order valence-electron chi connectivity index (χ1n) is 5.67. The second-order valence-electron chi connectivity index (χ2n) is 4.05. The van der Waals surface area contributed by atoms with Gasteiger partial charge in [0, 0.05) is 0 Å². The molecule has 0 saturated carbocycles. The van der Waals surface area contributed by atoms with Gasteiger partial charge in [0.25, 0.3) is 0 Å². The molecule has 2 rings (SSSR count). The van der Waals surface area contributed by atoms with Crippen LogP contribution in [0.1, 0.15) is 43.9 Å². The Hall–Kier alpha value is -0.901. The van der Waals surface area contributed by atoms with E-state index in [0.29, 0.717) is 11.5 Å². The Bertz CT molecular complexity index is 636. The van der Waals surface area contributed by atoms with Gasteiger partial charge < -0.3 is 0 Å². The van der Waals surface area contributed by atoms with Gasteiger partial charge in [0.05, 0.1) is 0 Å². The summed E-state index contributed by atoms with van der Waals surface area (Å²) in [7, 11) is 0. The second-order valence-corrected chi connectivity index (χ2v) is 7.80. The van der Waals surface area contributed by atoms with Crippen LogP contribution in [0.15, 0.2) is 0 Å². The molecule has 18 heavy (non-hydrogen) atoms. The Morgan fingerprint density at radius 1 is 1.28 bits per heavy atom. The molecule has 0 aliphatic rings. The van der Waals surface area contributed by atoms with Gasteiger partial charge in [-0.1, -0.05) is 0 Å². The van der Waals surface area contributed by atoms with Crippen LogP contribution in [0.4, 0.5) is 0 Å². The van der Waals surface area contributed by atoms with Gasteiger partial charge in [0.1, 0.15) is 0 Å². The van der Waals surface area contributed by atoms with Crippen LogP contribution in [0.2, 0.25) is 0 Å². The predicted octanol–water partition coefficient (Wildman–Crippen LogP) is 2.95. The Balaban J connectivity index is 2.60. The summed E-state index contributed by atoms with van der Waals surface area (Å²) in [6, 6.07) is 0. The normalized spacial score (nSPS) is 10.9. The summed E-state index contributed by atoms with van der Waals surface area (Å²) in [5.74, 6) is -0.102. The van der Waals surface area contributed by atoms with Gasteiger partial charge in [0.15, 0.2) is 0 Å². The van der Waals surface area contributed by atoms with Crippen molar-refractivity contribution >= 4 is 46.6 Å². The molecule has 2 aromatic heterocycles. The summed E-state index contributed by atoms with van der Waals surface area (Å²) >= 11 is 1.53. The van der Waals surface area contributed by atoms with E-state index >= 15 is 0 Å². The third-order valence-electron chi connectivity index (χ3n) is 2.81. The number of ether oxygens (including phenoxy) is 1. The van der Waals surface area contributed by atoms with E-state index in [1.807, 2.05) is 13.8 Å². The SMILES string of the molecule is CCOC(=O)c1sc2[se]c(C(C)=O)c(C)c2c1C. The molecule has 0 aliphatic carbocycles. The van der Waals surface area contributed by atoms with Crippen molar-refractivity contribution in [1.29, 1.82) is 0 Å². The van der Waals surface area contributed by atoms with E-state index in [-0.39, 0.29) is 26.3 Å². The van der Waals surface area contributed by atoms with Crippen LogP contribution in [0.5, 0.6) is 0 Å². The summed E-state index contributed by atoms with van der Waals surface area (Å²) in [6.07, 6.45) is 0. The number of fused-ring (bicyclic) bond motifs is 1. The van der Waals surface area contributed by atoms with E-state index in [2.05, 4.69) is 0 Å². The molecule has 0 saturated heterocycles. The Kier molecular flexibility index (Phi) is 3.76. The minimum atomic E-state index is -0.248. The van der Waals surface area contributed by atoms with Gasteiger partial charge in [-0.2, -0.15) is 0 Å². The van der Waals surface area contributed by atoms with Crippen LogP contribution < -0.4 is 0 Å². The third kappa shape index (κ3) is 2.07. The molecule has 0 atom stereocenters. The molecule has 0 amide bonds. The van der Waals surface area contributed by atoms with E-state index in [0.717, 1.165) is 21.0 Å². The molecule has 0 aliphatic heterocycles. The van der Waals surface area contributed by atoms with Crippen LogP contribution in [-0.2, 0) is 4.74 Å². The molecule has 0 spiro atoms. The van der Waals surface area contributed by atoms with Crippen molar-refractivity contribution < 1.29 is 14.3 Å². The minimum absolute atomic E-state index is 0.0470. The number of ketones is 1. The summed E-state index contributed by atoms with van der Waals surface area (Å²) in [5, 5.41) is 1.10. The van der Waals surface area contributed by atoms with E-state index in [4.69, 9.17) is 4.74 Å². The number of esters is 1. The summed E-state index contributed by atoms with van der Waals surface area (Å²) in [5.41, 5.74) is 2.01. The predicted molar refractivity (Wildman–Crippen MR) is 74.2 cm³/mol. The van der Waals surface area contributed by atoms with Crippen molar-refractivity contribution in [2.24, 2.45) is 0 Å². The van der Waals surface area contributed by atoms with E-state index in [1.54, 1.807) is 13.8 Å². The maximum atomic E-state index is 11.8. The van der Waals surface area contributed by atoms with Crippen LogP contribution in [0, 0.1) is 13.8 Å². The zero-order valence-electron chi connectivity index (χ0n) is 10.7. The van der Waals surface area contributed by atoms with Crippen molar-refractivity contribution in [3.63, 3.8) is 0 Å². The monoisotopic (exact) mass is 330 g/mol. The molecule has 3 nitrogen and oxygen atoms in total. The standard InChI is InChI=1S/C13H14O3SSe/c1-5-16-12(15)10-6(2)9-7(3)11(8(4)14)18-13(9)17-10/h5H2,1-4H3. The first kappa shape index (κ1) is 13.5. The number of aryl methyl sites for hydroxylation is 2. The first-order valence-corrected chi connectivity index (χ1v) is 8.20. The molecule has 96 valence electrons. The molecular formula is C13H14O3SSe. The summed E-state index contributed by atoms with van der Waals surface area (Å²) < 4.78 is 7.16. The molecule has 0 N–H and O–H groups in total. The number of Topliss-reactive ketones (excluding diaryl/α,β-unsaturated/α-hetero) is 1. The van der Waals surface area contributed by atoms with Gasteiger partial charge in [-0.15, -0.1) is 0 Å². The second kappa shape index (κ2) is 5.00. The molecule has 0 aromatic carbocycles. The van der Waals surface area contributed by atoms with E-state index < -0.39 is 0 Å². The number of carbonyl (C=O) groups excluding carboxylic acids is 2. The van der Waals surface area contributed by atoms with Crippen molar-refractivity contribution in [1.82, 2.24) is 0 Å². The van der Waals surface area contributed by atoms with E-state index in [1.165, 1.54) is 14.9 Å². The molecule has 2 aromatic rings. The third-order valence-corrected chi connectivity index (χ3v) is 7.32. The van der Waals surface area contributed by atoms with Gasteiger partial charge >= 0.3 is 116 Å². The van der Waals surface area contributed by atoms with Crippen molar-refractivity contribution in [3.05, 3.63) is 20.4 Å². The Morgan fingerprint density at radius 2 is 1.94 bits per heavy atom. The van der Waals surface area contributed by atoms with Gasteiger partial charge in [0.2, 0.25) is 0 Å². The number of thiophene rings is 1. The first-order chi connectivity index (χ1) is 8.47. The molecule has 2 heterocycles. The maximum absolute atomic E-state index is 11.8. The number of hydrogen-bond donors (Lipinski definition) is 0. The zero-order valence-corrected chi connectivity index (χ0v) is 13.3. The van der Waals surface area contributed by atoms with Crippen LogP contribution >= 0.6 is 11.3 Å². The molecule has 0 unspecified atom stereocenters. The molecular weight excluding hydrogens is 315 g/mol. The van der Waals surface area contributed by atoms with Crippen LogP contribution in [-0.4, -0.2) is 32.9 Å². The Morgan fingerprint density at radius 3 is 2.44 bits per heavy atom. The topological polar surface area (TPSA) is 43.4 Å². The summed E-state index contributed by atoms with van der Waals surface area (Å²) in [4.78, 5) is 24.0. The van der Waals surface area contributed by atoms with Crippen LogP contribution in [0.3, 0.4) is 0 Å². The quantitative estimate of drug-likeness (QED) is 0.494.